The quantitative estimate of drug-likeness (QED) is 0.749. The monoisotopic (exact) mass is 341 g/mol. The average Bonchev–Trinajstić information content (AvgIpc) is 3.17. The van der Waals surface area contributed by atoms with Crippen molar-refractivity contribution in [2.75, 3.05) is 11.9 Å². The van der Waals surface area contributed by atoms with E-state index in [0.717, 1.165) is 22.3 Å². The van der Waals surface area contributed by atoms with Gasteiger partial charge in [-0.05, 0) is 41.6 Å². The van der Waals surface area contributed by atoms with Gasteiger partial charge in [-0.3, -0.25) is 9.59 Å². The van der Waals surface area contributed by atoms with Gasteiger partial charge >= 0.3 is 0 Å². The molecule has 2 aromatic heterocycles. The van der Waals surface area contributed by atoms with Crippen LogP contribution in [0, 0.1) is 0 Å². The standard InChI is InChI=1S/C18H19N3O2S/c1-3-12-4-6-13(7-5-12)20-17(22)11-19-18(23)15-10-16-14(21(15)2)8-9-24-16/h4-10H,3,11H2,1-2H3,(H,19,23)(H,20,22). The maximum atomic E-state index is 12.3. The number of fused-ring (bicyclic) bond motifs is 1. The number of benzene rings is 1. The molecule has 2 heterocycles. The Morgan fingerprint density at radius 3 is 2.58 bits per heavy atom. The molecule has 0 atom stereocenters. The summed E-state index contributed by atoms with van der Waals surface area (Å²) in [6.45, 7) is 2.02. The van der Waals surface area contributed by atoms with Gasteiger partial charge in [0.1, 0.15) is 5.69 Å². The molecular formula is C18H19N3O2S. The maximum absolute atomic E-state index is 12.3. The van der Waals surface area contributed by atoms with Crippen molar-refractivity contribution in [2.45, 2.75) is 13.3 Å². The van der Waals surface area contributed by atoms with E-state index < -0.39 is 0 Å². The number of nitrogens with zero attached hydrogens (tertiary/aromatic N) is 1. The number of nitrogens with one attached hydrogen (secondary N) is 2. The van der Waals surface area contributed by atoms with Crippen LogP contribution in [0.15, 0.2) is 41.8 Å². The van der Waals surface area contributed by atoms with Gasteiger partial charge in [0.05, 0.1) is 16.8 Å². The third-order valence-electron chi connectivity index (χ3n) is 3.95. The molecule has 2 amide bonds. The lowest BCUT2D eigenvalue weighted by Crippen LogP contribution is -2.33. The molecule has 6 heteroatoms. The van der Waals surface area contributed by atoms with E-state index in [2.05, 4.69) is 17.6 Å². The van der Waals surface area contributed by atoms with E-state index in [-0.39, 0.29) is 18.4 Å². The fourth-order valence-electron chi connectivity index (χ4n) is 2.55. The number of aromatic nitrogens is 1. The molecule has 3 aromatic rings. The highest BCUT2D eigenvalue weighted by atomic mass is 32.1. The van der Waals surface area contributed by atoms with Crippen LogP contribution in [0.5, 0.6) is 0 Å². The van der Waals surface area contributed by atoms with Gasteiger partial charge in [0.15, 0.2) is 0 Å². The van der Waals surface area contributed by atoms with Gasteiger partial charge < -0.3 is 15.2 Å². The first-order chi connectivity index (χ1) is 11.6. The fourth-order valence-corrected chi connectivity index (χ4v) is 3.40. The minimum atomic E-state index is -0.252. The van der Waals surface area contributed by atoms with Crippen molar-refractivity contribution in [2.24, 2.45) is 7.05 Å². The van der Waals surface area contributed by atoms with Crippen molar-refractivity contribution in [1.82, 2.24) is 9.88 Å². The molecule has 0 bridgehead atoms. The smallest absolute Gasteiger partial charge is 0.268 e. The molecule has 0 saturated heterocycles. The summed E-state index contributed by atoms with van der Waals surface area (Å²) in [5.41, 5.74) is 3.51. The minimum absolute atomic E-state index is 0.0623. The zero-order valence-corrected chi connectivity index (χ0v) is 14.4. The van der Waals surface area contributed by atoms with Crippen LogP contribution in [-0.4, -0.2) is 22.9 Å². The molecule has 0 aliphatic carbocycles. The van der Waals surface area contributed by atoms with Gasteiger partial charge in [-0.2, -0.15) is 0 Å². The lowest BCUT2D eigenvalue weighted by molar-refractivity contribution is -0.115. The number of carbonyl (C=O) groups excluding carboxylic acids is 2. The summed E-state index contributed by atoms with van der Waals surface area (Å²) in [6, 6.07) is 11.5. The third-order valence-corrected chi connectivity index (χ3v) is 4.81. The number of hydrogen-bond acceptors (Lipinski definition) is 3. The van der Waals surface area contributed by atoms with E-state index in [1.54, 1.807) is 11.3 Å². The van der Waals surface area contributed by atoms with Gasteiger partial charge in [0.2, 0.25) is 5.91 Å². The molecule has 0 spiro atoms. The highest BCUT2D eigenvalue weighted by Gasteiger charge is 2.14. The van der Waals surface area contributed by atoms with Crippen molar-refractivity contribution in [3.8, 4) is 0 Å². The molecule has 0 aliphatic heterocycles. The van der Waals surface area contributed by atoms with Gasteiger partial charge in [-0.15, -0.1) is 11.3 Å². The van der Waals surface area contributed by atoms with Crippen LogP contribution in [0.3, 0.4) is 0 Å². The highest BCUT2D eigenvalue weighted by Crippen LogP contribution is 2.23. The second-order valence-corrected chi connectivity index (χ2v) is 6.49. The van der Waals surface area contributed by atoms with Crippen molar-refractivity contribution in [3.05, 3.63) is 53.0 Å². The molecule has 3 rings (SSSR count). The molecule has 0 fully saturated rings. The second kappa shape index (κ2) is 6.88. The predicted octanol–water partition coefficient (Wildman–Crippen LogP) is 3.17. The molecule has 1 aromatic carbocycles. The highest BCUT2D eigenvalue weighted by molar-refractivity contribution is 7.17. The summed E-state index contributed by atoms with van der Waals surface area (Å²) in [5, 5.41) is 7.43. The molecular weight excluding hydrogens is 322 g/mol. The van der Waals surface area contributed by atoms with Crippen LogP contribution in [-0.2, 0) is 18.3 Å². The molecule has 0 unspecified atom stereocenters. The SMILES string of the molecule is CCc1ccc(NC(=O)CNC(=O)c2cc3sccc3n2C)cc1. The van der Waals surface area contributed by atoms with Gasteiger partial charge in [-0.25, -0.2) is 0 Å². The van der Waals surface area contributed by atoms with Crippen molar-refractivity contribution in [1.29, 1.82) is 0 Å². The molecule has 0 radical (unpaired) electrons. The zero-order chi connectivity index (χ0) is 17.1. The summed E-state index contributed by atoms with van der Waals surface area (Å²) < 4.78 is 2.89. The minimum Gasteiger partial charge on any atom is -0.342 e. The summed E-state index contributed by atoms with van der Waals surface area (Å²) in [5.74, 6) is -0.499. The number of carbonyl (C=O) groups is 2. The fraction of sp³-hybridized carbons (Fsp3) is 0.222. The number of thiophene rings is 1. The number of hydrogen-bond donors (Lipinski definition) is 2. The van der Waals surface area contributed by atoms with Crippen molar-refractivity contribution < 1.29 is 9.59 Å². The Kier molecular flexibility index (Phi) is 4.66. The maximum Gasteiger partial charge on any atom is 0.268 e. The largest absolute Gasteiger partial charge is 0.342 e. The first-order valence-corrected chi connectivity index (χ1v) is 8.66. The van der Waals surface area contributed by atoms with Crippen LogP contribution in [0.1, 0.15) is 23.0 Å². The van der Waals surface area contributed by atoms with E-state index in [1.807, 2.05) is 53.4 Å². The molecule has 0 aliphatic rings. The number of amides is 2. The van der Waals surface area contributed by atoms with Gasteiger partial charge in [0.25, 0.3) is 5.91 Å². The number of anilines is 1. The van der Waals surface area contributed by atoms with Gasteiger partial charge in [-0.1, -0.05) is 19.1 Å². The third kappa shape index (κ3) is 3.33. The Bertz CT molecular complexity index is 877. The molecule has 0 saturated carbocycles. The second-order valence-electron chi connectivity index (χ2n) is 5.54. The summed E-state index contributed by atoms with van der Waals surface area (Å²) >= 11 is 1.59. The van der Waals surface area contributed by atoms with Crippen LogP contribution >= 0.6 is 11.3 Å². The first-order valence-electron chi connectivity index (χ1n) is 7.78. The summed E-state index contributed by atoms with van der Waals surface area (Å²) in [4.78, 5) is 24.2. The topological polar surface area (TPSA) is 63.1 Å². The Labute approximate surface area is 144 Å². The van der Waals surface area contributed by atoms with Crippen LogP contribution in [0.2, 0.25) is 0 Å². The van der Waals surface area contributed by atoms with Crippen LogP contribution in [0.25, 0.3) is 10.2 Å². The summed E-state index contributed by atoms with van der Waals surface area (Å²) in [6.07, 6.45) is 0.957. The number of rotatable bonds is 5. The summed E-state index contributed by atoms with van der Waals surface area (Å²) in [7, 11) is 1.85. The molecule has 2 N–H and O–H groups in total. The normalized spacial score (nSPS) is 10.8. The van der Waals surface area contributed by atoms with Crippen LogP contribution < -0.4 is 10.6 Å². The number of aryl methyl sites for hydroxylation is 2. The Morgan fingerprint density at radius 1 is 1.17 bits per heavy atom. The van der Waals surface area contributed by atoms with E-state index in [0.29, 0.717) is 5.69 Å². The average molecular weight is 341 g/mol. The Balaban J connectivity index is 1.58. The van der Waals surface area contributed by atoms with Crippen LogP contribution in [0.4, 0.5) is 5.69 Å². The lowest BCUT2D eigenvalue weighted by Gasteiger charge is -2.08. The Morgan fingerprint density at radius 2 is 1.92 bits per heavy atom. The molecule has 24 heavy (non-hydrogen) atoms. The zero-order valence-electron chi connectivity index (χ0n) is 13.6. The lowest BCUT2D eigenvalue weighted by atomic mass is 10.1. The van der Waals surface area contributed by atoms with E-state index in [1.165, 1.54) is 5.56 Å². The molecule has 124 valence electrons. The first kappa shape index (κ1) is 16.3. The van der Waals surface area contributed by atoms with E-state index in [4.69, 9.17) is 0 Å². The van der Waals surface area contributed by atoms with Crippen molar-refractivity contribution in [3.63, 3.8) is 0 Å². The van der Waals surface area contributed by atoms with E-state index >= 15 is 0 Å². The Hall–Kier alpha value is -2.60. The van der Waals surface area contributed by atoms with Crippen molar-refractivity contribution >= 4 is 39.1 Å². The predicted molar refractivity (Wildman–Crippen MR) is 97.6 cm³/mol. The molecule has 5 nitrogen and oxygen atoms in total. The van der Waals surface area contributed by atoms with E-state index in [9.17, 15) is 9.59 Å². The van der Waals surface area contributed by atoms with Gasteiger partial charge in [0, 0.05) is 12.7 Å².